The van der Waals surface area contributed by atoms with Gasteiger partial charge < -0.3 is 9.64 Å². The molecule has 1 saturated carbocycles. The zero-order valence-electron chi connectivity index (χ0n) is 16.8. The van der Waals surface area contributed by atoms with Crippen LogP contribution in [0.15, 0.2) is 30.3 Å². The number of aryl methyl sites for hydroxylation is 1. The Kier molecular flexibility index (Phi) is 4.57. The van der Waals surface area contributed by atoms with Crippen LogP contribution in [-0.4, -0.2) is 40.7 Å². The summed E-state index contributed by atoms with van der Waals surface area (Å²) in [6.45, 7) is 7.43. The molecule has 7 nitrogen and oxygen atoms in total. The van der Waals surface area contributed by atoms with Crippen molar-refractivity contribution in [2.75, 3.05) is 18.6 Å². The van der Waals surface area contributed by atoms with E-state index in [0.717, 1.165) is 36.5 Å². The van der Waals surface area contributed by atoms with Crippen molar-refractivity contribution < 1.29 is 9.66 Å². The van der Waals surface area contributed by atoms with Crippen molar-refractivity contribution in [1.82, 2.24) is 9.97 Å². The molecule has 3 atom stereocenters. The van der Waals surface area contributed by atoms with Gasteiger partial charge in [-0.05, 0) is 25.0 Å². The first-order valence-corrected chi connectivity index (χ1v) is 9.80. The van der Waals surface area contributed by atoms with Crippen molar-refractivity contribution in [1.29, 1.82) is 0 Å². The quantitative estimate of drug-likeness (QED) is 0.577. The molecule has 2 heterocycles. The van der Waals surface area contributed by atoms with E-state index in [1.54, 1.807) is 12.1 Å². The zero-order chi connectivity index (χ0) is 20.1. The molecule has 7 heteroatoms. The Morgan fingerprint density at radius 2 is 2.00 bits per heavy atom. The van der Waals surface area contributed by atoms with Crippen LogP contribution in [-0.2, 0) is 11.2 Å². The maximum atomic E-state index is 10.9. The van der Waals surface area contributed by atoms with E-state index in [4.69, 9.17) is 9.72 Å². The van der Waals surface area contributed by atoms with Gasteiger partial charge in [0.15, 0.2) is 5.82 Å². The minimum atomic E-state index is -0.398. The van der Waals surface area contributed by atoms with Crippen LogP contribution in [0.1, 0.15) is 32.9 Å². The molecule has 28 heavy (non-hydrogen) atoms. The standard InChI is InChI=1S/C21H26N4O3/c1-5-14-12-17(24(4)18-16-10-11-28-19(16)21(18,2)3)23-20(22-14)13-6-8-15(9-7-13)25(26)27/h6-9,12,16,18-19H,5,10-11H2,1-4H3. The Morgan fingerprint density at radius 1 is 1.29 bits per heavy atom. The third kappa shape index (κ3) is 2.94. The van der Waals surface area contributed by atoms with Crippen LogP contribution in [0.25, 0.3) is 11.4 Å². The fraction of sp³-hybridized carbons (Fsp3) is 0.524. The lowest BCUT2D eigenvalue weighted by Gasteiger charge is -2.58. The molecule has 1 aliphatic carbocycles. The number of fused-ring (bicyclic) bond motifs is 1. The van der Waals surface area contributed by atoms with Crippen molar-refractivity contribution in [3.8, 4) is 11.4 Å². The molecule has 148 valence electrons. The predicted molar refractivity (Wildman–Crippen MR) is 107 cm³/mol. The SMILES string of the molecule is CCc1cc(N(C)C2C3CCOC3C2(C)C)nc(-c2ccc([N+](=O)[O-])cc2)n1. The summed E-state index contributed by atoms with van der Waals surface area (Å²) in [7, 11) is 2.10. The van der Waals surface area contributed by atoms with Crippen molar-refractivity contribution >= 4 is 11.5 Å². The number of aromatic nitrogens is 2. The van der Waals surface area contributed by atoms with Gasteiger partial charge in [-0.1, -0.05) is 20.8 Å². The summed E-state index contributed by atoms with van der Waals surface area (Å²) in [6, 6.07) is 8.83. The van der Waals surface area contributed by atoms with Crippen LogP contribution in [0.3, 0.4) is 0 Å². The summed E-state index contributed by atoms with van der Waals surface area (Å²) >= 11 is 0. The molecule has 0 bridgehead atoms. The fourth-order valence-corrected chi connectivity index (χ4v) is 4.93. The topological polar surface area (TPSA) is 81.4 Å². The molecule has 3 unspecified atom stereocenters. The number of nitrogens with zero attached hydrogens (tertiary/aromatic N) is 4. The van der Waals surface area contributed by atoms with Crippen molar-refractivity contribution in [3.63, 3.8) is 0 Å². The van der Waals surface area contributed by atoms with E-state index in [0.29, 0.717) is 23.9 Å². The molecule has 1 saturated heterocycles. The molecule has 1 aromatic carbocycles. The van der Waals surface area contributed by atoms with Gasteiger partial charge in [0.1, 0.15) is 5.82 Å². The van der Waals surface area contributed by atoms with E-state index >= 15 is 0 Å². The number of nitro benzene ring substituents is 1. The van der Waals surface area contributed by atoms with Crippen LogP contribution < -0.4 is 4.90 Å². The molecule has 0 N–H and O–H groups in total. The Bertz CT molecular complexity index is 897. The second-order valence-electron chi connectivity index (χ2n) is 8.32. The molecule has 2 aromatic rings. The molecule has 2 fully saturated rings. The van der Waals surface area contributed by atoms with Gasteiger partial charge in [-0.2, -0.15) is 0 Å². The summed E-state index contributed by atoms with van der Waals surface area (Å²) in [6.07, 6.45) is 2.21. The normalized spacial score (nSPS) is 25.1. The number of anilines is 1. The first-order valence-electron chi connectivity index (χ1n) is 9.80. The van der Waals surface area contributed by atoms with Crippen molar-refractivity contribution in [2.45, 2.75) is 45.8 Å². The summed E-state index contributed by atoms with van der Waals surface area (Å²) in [4.78, 5) is 22.3. The molecule has 4 rings (SSSR count). The molecule has 0 radical (unpaired) electrons. The highest BCUT2D eigenvalue weighted by molar-refractivity contribution is 5.60. The monoisotopic (exact) mass is 382 g/mol. The third-order valence-electron chi connectivity index (χ3n) is 6.28. The van der Waals surface area contributed by atoms with Gasteiger partial charge in [-0.15, -0.1) is 0 Å². The van der Waals surface area contributed by atoms with Crippen molar-refractivity contribution in [2.24, 2.45) is 11.3 Å². The van der Waals surface area contributed by atoms with Crippen molar-refractivity contribution in [3.05, 3.63) is 46.1 Å². The first kappa shape index (κ1) is 18.8. The van der Waals surface area contributed by atoms with E-state index in [1.807, 2.05) is 6.07 Å². The third-order valence-corrected chi connectivity index (χ3v) is 6.28. The number of hydrogen-bond acceptors (Lipinski definition) is 6. The second-order valence-corrected chi connectivity index (χ2v) is 8.32. The lowest BCUT2D eigenvalue weighted by molar-refractivity contribution is -0.384. The number of non-ortho nitro benzene ring substituents is 1. The van der Waals surface area contributed by atoms with Gasteiger partial charge in [-0.25, -0.2) is 9.97 Å². The average Bonchev–Trinajstić information content (AvgIpc) is 3.14. The molecule has 1 aromatic heterocycles. The van der Waals surface area contributed by atoms with E-state index in [-0.39, 0.29) is 11.1 Å². The number of ether oxygens (including phenoxy) is 1. The molecular weight excluding hydrogens is 356 g/mol. The van der Waals surface area contributed by atoms with E-state index < -0.39 is 4.92 Å². The van der Waals surface area contributed by atoms with E-state index in [9.17, 15) is 10.1 Å². The molecular formula is C21H26N4O3. The summed E-state index contributed by atoms with van der Waals surface area (Å²) in [5.74, 6) is 2.03. The lowest BCUT2D eigenvalue weighted by atomic mass is 9.57. The molecule has 2 aliphatic rings. The minimum Gasteiger partial charge on any atom is -0.377 e. The number of rotatable bonds is 5. The Labute approximate surface area is 164 Å². The maximum absolute atomic E-state index is 10.9. The minimum absolute atomic E-state index is 0.0660. The van der Waals surface area contributed by atoms with Crippen LogP contribution >= 0.6 is 0 Å². The van der Waals surface area contributed by atoms with Crippen LogP contribution in [0.5, 0.6) is 0 Å². The maximum Gasteiger partial charge on any atom is 0.269 e. The van der Waals surface area contributed by atoms with E-state index in [1.165, 1.54) is 12.1 Å². The van der Waals surface area contributed by atoms with Crippen LogP contribution in [0, 0.1) is 21.4 Å². The zero-order valence-corrected chi connectivity index (χ0v) is 16.8. The Morgan fingerprint density at radius 3 is 2.64 bits per heavy atom. The number of benzene rings is 1. The first-order chi connectivity index (χ1) is 13.3. The van der Waals surface area contributed by atoms with Crippen LogP contribution in [0.4, 0.5) is 11.5 Å². The largest absolute Gasteiger partial charge is 0.377 e. The van der Waals surface area contributed by atoms with Crippen LogP contribution in [0.2, 0.25) is 0 Å². The highest BCUT2D eigenvalue weighted by Crippen LogP contribution is 2.54. The molecule has 0 amide bonds. The second kappa shape index (κ2) is 6.81. The molecule has 0 spiro atoms. The lowest BCUT2D eigenvalue weighted by Crippen LogP contribution is -2.66. The average molecular weight is 382 g/mol. The van der Waals surface area contributed by atoms with Gasteiger partial charge in [0.2, 0.25) is 0 Å². The smallest absolute Gasteiger partial charge is 0.269 e. The molecule has 1 aliphatic heterocycles. The van der Waals surface area contributed by atoms with Gasteiger partial charge in [0.05, 0.1) is 11.0 Å². The number of hydrogen-bond donors (Lipinski definition) is 0. The number of nitro groups is 1. The highest BCUT2D eigenvalue weighted by atomic mass is 16.6. The summed E-state index contributed by atoms with van der Waals surface area (Å²) in [5, 5.41) is 10.9. The predicted octanol–water partition coefficient (Wildman–Crippen LogP) is 3.86. The summed E-state index contributed by atoms with van der Waals surface area (Å²) < 4.78 is 5.94. The van der Waals surface area contributed by atoms with Gasteiger partial charge in [-0.3, -0.25) is 10.1 Å². The summed E-state index contributed by atoms with van der Waals surface area (Å²) in [5.41, 5.74) is 1.88. The van der Waals surface area contributed by atoms with E-state index in [2.05, 4.69) is 37.7 Å². The van der Waals surface area contributed by atoms with Gasteiger partial charge in [0, 0.05) is 60.5 Å². The Hall–Kier alpha value is -2.54. The van der Waals surface area contributed by atoms with Gasteiger partial charge in [0.25, 0.3) is 5.69 Å². The Balaban J connectivity index is 1.68. The van der Waals surface area contributed by atoms with Gasteiger partial charge >= 0.3 is 0 Å². The fourth-order valence-electron chi connectivity index (χ4n) is 4.93. The highest BCUT2D eigenvalue weighted by Gasteiger charge is 2.61.